The topological polar surface area (TPSA) is 142 Å². The number of nitrogens with zero attached hydrogens (tertiary/aromatic N) is 4. The zero-order valence-corrected chi connectivity index (χ0v) is 14.5. The van der Waals surface area contributed by atoms with Crippen LogP contribution in [-0.2, 0) is 26.0 Å². The second kappa shape index (κ2) is 6.04. The summed E-state index contributed by atoms with van der Waals surface area (Å²) in [6, 6.07) is 6.06. The van der Waals surface area contributed by atoms with E-state index in [4.69, 9.17) is 4.55 Å². The minimum Gasteiger partial charge on any atom is -0.479 e. The van der Waals surface area contributed by atoms with Crippen LogP contribution in [-0.4, -0.2) is 56.4 Å². The average Bonchev–Trinajstić information content (AvgIpc) is 3.10. The molecule has 2 aliphatic heterocycles. The molecule has 27 heavy (non-hydrogen) atoms. The predicted octanol–water partition coefficient (Wildman–Crippen LogP) is 0.584. The molecule has 2 amide bonds. The van der Waals surface area contributed by atoms with Crippen LogP contribution in [0.15, 0.2) is 36.5 Å². The third-order valence-electron chi connectivity index (χ3n) is 4.43. The van der Waals surface area contributed by atoms with E-state index in [0.29, 0.717) is 17.2 Å². The monoisotopic (exact) mass is 394 g/mol. The van der Waals surface area contributed by atoms with Crippen molar-refractivity contribution in [3.05, 3.63) is 53.3 Å². The molecule has 2 aromatic rings. The number of carbonyl (C=O) groups is 2. The van der Waals surface area contributed by atoms with Gasteiger partial charge in [-0.3, -0.25) is 9.23 Å². The highest BCUT2D eigenvalue weighted by Crippen LogP contribution is 2.43. The molecule has 12 heteroatoms. The van der Waals surface area contributed by atoms with E-state index in [1.807, 2.05) is 30.3 Å². The van der Waals surface area contributed by atoms with E-state index in [2.05, 4.69) is 9.38 Å². The molecule has 1 aromatic carbocycles. The van der Waals surface area contributed by atoms with Crippen LogP contribution in [0.5, 0.6) is 0 Å². The van der Waals surface area contributed by atoms with Crippen LogP contribution < -0.4 is 0 Å². The largest absolute Gasteiger partial charge is 0.479 e. The Hall–Kier alpha value is -2.96. The summed E-state index contributed by atoms with van der Waals surface area (Å²) in [6.45, 7) is 0.259. The number of hydroxylamine groups is 2. The van der Waals surface area contributed by atoms with E-state index in [0.717, 1.165) is 10.5 Å². The maximum absolute atomic E-state index is 12.4. The molecule has 4 rings (SSSR count). The van der Waals surface area contributed by atoms with Crippen molar-refractivity contribution >= 4 is 22.4 Å². The van der Waals surface area contributed by atoms with Gasteiger partial charge in [0.25, 0.3) is 0 Å². The van der Waals surface area contributed by atoms with Crippen LogP contribution in [0.1, 0.15) is 28.9 Å². The minimum absolute atomic E-state index is 0.102. The van der Waals surface area contributed by atoms with Crippen LogP contribution >= 0.6 is 0 Å². The Balaban J connectivity index is 1.75. The van der Waals surface area contributed by atoms with Crippen molar-refractivity contribution < 1.29 is 31.9 Å². The minimum atomic E-state index is -4.96. The standard InChI is InChI=1S/C15H14N4O7S/c20-14(21)13-12-10(7-17(16-12)6-9-4-2-1-3-5-9)11-8-18(13)15(22)19(11)26-27(23,24)25/h1-5,7,11,13H,6,8H2,(H,20,21)(H,23,24,25)/t11-,13-/m0/s1. The molecule has 1 fully saturated rings. The number of hydrogen-bond acceptors (Lipinski definition) is 6. The number of amides is 2. The fraction of sp³-hybridized carbons (Fsp3) is 0.267. The molecule has 0 unspecified atom stereocenters. The van der Waals surface area contributed by atoms with E-state index < -0.39 is 34.5 Å². The third-order valence-corrected chi connectivity index (χ3v) is 4.78. The fourth-order valence-electron chi connectivity index (χ4n) is 3.39. The van der Waals surface area contributed by atoms with Gasteiger partial charge in [0.2, 0.25) is 0 Å². The molecule has 2 N–H and O–H groups in total. The molecule has 0 spiro atoms. The quantitative estimate of drug-likeness (QED) is 0.702. The van der Waals surface area contributed by atoms with Crippen LogP contribution in [0, 0.1) is 0 Å². The van der Waals surface area contributed by atoms with Crippen LogP contribution in [0.4, 0.5) is 4.79 Å². The molecule has 2 aliphatic rings. The molecule has 1 saturated heterocycles. The summed E-state index contributed by atoms with van der Waals surface area (Å²) in [5, 5.41) is 14.3. The van der Waals surface area contributed by atoms with Gasteiger partial charge in [-0.2, -0.15) is 18.6 Å². The lowest BCUT2D eigenvalue weighted by molar-refractivity contribution is -0.142. The summed E-state index contributed by atoms with van der Waals surface area (Å²) in [4.78, 5) is 25.1. The van der Waals surface area contributed by atoms with Crippen molar-refractivity contribution in [2.75, 3.05) is 6.54 Å². The molecule has 0 saturated carbocycles. The van der Waals surface area contributed by atoms with Crippen LogP contribution in [0.3, 0.4) is 0 Å². The van der Waals surface area contributed by atoms with Gasteiger partial charge in [0.05, 0.1) is 13.1 Å². The summed E-state index contributed by atoms with van der Waals surface area (Å²) in [5.41, 5.74) is 1.41. The second-order valence-electron chi connectivity index (χ2n) is 6.17. The van der Waals surface area contributed by atoms with Crippen molar-refractivity contribution in [2.24, 2.45) is 0 Å². The van der Waals surface area contributed by atoms with Crippen molar-refractivity contribution in [1.29, 1.82) is 0 Å². The number of carbonyl (C=O) groups excluding carboxylic acids is 1. The number of carboxylic acids is 1. The first-order valence-electron chi connectivity index (χ1n) is 7.85. The van der Waals surface area contributed by atoms with E-state index in [1.54, 1.807) is 6.20 Å². The van der Waals surface area contributed by atoms with Gasteiger partial charge >= 0.3 is 22.4 Å². The molecule has 3 heterocycles. The summed E-state index contributed by atoms with van der Waals surface area (Å²) in [6.07, 6.45) is 1.55. The van der Waals surface area contributed by atoms with Crippen molar-refractivity contribution in [3.8, 4) is 0 Å². The Bertz CT molecular complexity index is 1020. The molecule has 2 bridgehead atoms. The number of rotatable bonds is 5. The van der Waals surface area contributed by atoms with Gasteiger partial charge in [-0.25, -0.2) is 9.59 Å². The summed E-state index contributed by atoms with van der Waals surface area (Å²) in [7, 11) is -4.96. The van der Waals surface area contributed by atoms with Gasteiger partial charge in [-0.1, -0.05) is 30.3 Å². The Morgan fingerprint density at radius 3 is 2.63 bits per heavy atom. The van der Waals surface area contributed by atoms with Gasteiger partial charge in [0, 0.05) is 11.8 Å². The summed E-state index contributed by atoms with van der Waals surface area (Å²) < 4.78 is 37.0. The highest BCUT2D eigenvalue weighted by molar-refractivity contribution is 7.80. The van der Waals surface area contributed by atoms with Crippen molar-refractivity contribution in [3.63, 3.8) is 0 Å². The maximum Gasteiger partial charge on any atom is 0.418 e. The molecule has 1 aromatic heterocycles. The highest BCUT2D eigenvalue weighted by atomic mass is 32.3. The fourth-order valence-corrected chi connectivity index (χ4v) is 3.77. The van der Waals surface area contributed by atoms with Crippen LogP contribution in [0.2, 0.25) is 0 Å². The first-order valence-corrected chi connectivity index (χ1v) is 9.22. The second-order valence-corrected chi connectivity index (χ2v) is 7.18. The lowest BCUT2D eigenvalue weighted by atomic mass is 9.98. The summed E-state index contributed by atoms with van der Waals surface area (Å²) in [5.74, 6) is -1.30. The molecular formula is C15H14N4O7S. The van der Waals surface area contributed by atoms with E-state index in [-0.39, 0.29) is 12.2 Å². The third kappa shape index (κ3) is 3.03. The smallest absolute Gasteiger partial charge is 0.418 e. The number of carboxylic acid groups (broad SMARTS) is 1. The van der Waals surface area contributed by atoms with Crippen LogP contribution in [0.25, 0.3) is 0 Å². The van der Waals surface area contributed by atoms with E-state index >= 15 is 0 Å². The molecule has 2 atom stereocenters. The highest BCUT2D eigenvalue weighted by Gasteiger charge is 2.53. The van der Waals surface area contributed by atoms with Gasteiger partial charge in [-0.15, -0.1) is 4.28 Å². The van der Waals surface area contributed by atoms with E-state index in [1.165, 1.54) is 4.68 Å². The Labute approximate surface area is 153 Å². The SMILES string of the molecule is O=C(O)[C@@H]1c2nn(Cc3ccccc3)cc2[C@@H]2CN1C(=O)N2OS(=O)(=O)O. The number of aromatic nitrogens is 2. The lowest BCUT2D eigenvalue weighted by Gasteiger charge is -2.26. The number of aliphatic carboxylic acids is 1. The van der Waals surface area contributed by atoms with Crippen molar-refractivity contribution in [2.45, 2.75) is 18.6 Å². The molecule has 0 radical (unpaired) electrons. The van der Waals surface area contributed by atoms with E-state index in [9.17, 15) is 23.1 Å². The number of hydrogen-bond donors (Lipinski definition) is 2. The van der Waals surface area contributed by atoms with Gasteiger partial charge in [-0.05, 0) is 5.56 Å². The normalized spacial score (nSPS) is 21.4. The molecular weight excluding hydrogens is 380 g/mol. The molecule has 11 nitrogen and oxygen atoms in total. The first kappa shape index (κ1) is 17.5. The zero-order chi connectivity index (χ0) is 19.3. The summed E-state index contributed by atoms with van der Waals surface area (Å²) >= 11 is 0. The Morgan fingerprint density at radius 1 is 1.30 bits per heavy atom. The predicted molar refractivity (Wildman–Crippen MR) is 87.5 cm³/mol. The first-order chi connectivity index (χ1) is 12.7. The van der Waals surface area contributed by atoms with Gasteiger partial charge in [0.1, 0.15) is 11.7 Å². The maximum atomic E-state index is 12.4. The van der Waals surface area contributed by atoms with Gasteiger partial charge in [0.15, 0.2) is 6.04 Å². The van der Waals surface area contributed by atoms with Crippen molar-refractivity contribution in [1.82, 2.24) is 19.7 Å². The Kier molecular flexibility index (Phi) is 3.91. The number of fused-ring (bicyclic) bond motifs is 4. The zero-order valence-electron chi connectivity index (χ0n) is 13.7. The Morgan fingerprint density at radius 2 is 2.00 bits per heavy atom. The molecule has 142 valence electrons. The number of urea groups is 1. The van der Waals surface area contributed by atoms with Gasteiger partial charge < -0.3 is 10.0 Å². The average molecular weight is 394 g/mol. The number of benzene rings is 1. The molecule has 0 aliphatic carbocycles. The lowest BCUT2D eigenvalue weighted by Crippen LogP contribution is -2.38.